The van der Waals surface area contributed by atoms with Crippen LogP contribution in [0.3, 0.4) is 0 Å². The van der Waals surface area contributed by atoms with Crippen LogP contribution in [-0.4, -0.2) is 35.6 Å². The molecule has 0 bridgehead atoms. The number of hydrogen-bond donors (Lipinski definition) is 3. The van der Waals surface area contributed by atoms with Crippen molar-refractivity contribution >= 4 is 11.9 Å². The summed E-state index contributed by atoms with van der Waals surface area (Å²) >= 11 is 0. The summed E-state index contributed by atoms with van der Waals surface area (Å²) in [6, 6.07) is -1.15. The van der Waals surface area contributed by atoms with Gasteiger partial charge in [0.25, 0.3) is 0 Å². The van der Waals surface area contributed by atoms with Gasteiger partial charge in [-0.1, -0.05) is 20.8 Å². The lowest BCUT2D eigenvalue weighted by atomic mass is 10.2. The third-order valence-electron chi connectivity index (χ3n) is 2.24. The van der Waals surface area contributed by atoms with Gasteiger partial charge in [0.15, 0.2) is 0 Å². The van der Waals surface area contributed by atoms with Crippen molar-refractivity contribution < 1.29 is 14.7 Å². The molecular formula is C11H22N2O3. The van der Waals surface area contributed by atoms with E-state index in [-0.39, 0.29) is 5.91 Å². The Kier molecular flexibility index (Phi) is 6.72. The van der Waals surface area contributed by atoms with Gasteiger partial charge >= 0.3 is 5.97 Å². The van der Waals surface area contributed by atoms with E-state index >= 15 is 0 Å². The first-order chi connectivity index (χ1) is 7.38. The summed E-state index contributed by atoms with van der Waals surface area (Å²) in [5.74, 6) is -0.697. The molecule has 0 spiro atoms. The number of carboxylic acid groups (broad SMARTS) is 1. The zero-order chi connectivity index (χ0) is 12.7. The van der Waals surface area contributed by atoms with Gasteiger partial charge in [0.1, 0.15) is 6.04 Å². The highest BCUT2D eigenvalue weighted by molar-refractivity contribution is 5.82. The molecule has 0 aliphatic carbocycles. The van der Waals surface area contributed by atoms with Crippen LogP contribution in [0.5, 0.6) is 0 Å². The fraction of sp³-hybridized carbons (Fsp3) is 0.818. The Bertz CT molecular complexity index is 241. The molecule has 0 saturated carbocycles. The minimum atomic E-state index is -0.925. The molecule has 5 nitrogen and oxygen atoms in total. The van der Waals surface area contributed by atoms with Crippen molar-refractivity contribution in [3.8, 4) is 0 Å². The molecule has 0 saturated heterocycles. The van der Waals surface area contributed by atoms with E-state index in [1.165, 1.54) is 0 Å². The summed E-state index contributed by atoms with van der Waals surface area (Å²) in [5.41, 5.74) is 0. The molecule has 0 aromatic carbocycles. The van der Waals surface area contributed by atoms with Crippen LogP contribution >= 0.6 is 0 Å². The van der Waals surface area contributed by atoms with E-state index in [1.54, 1.807) is 13.8 Å². The van der Waals surface area contributed by atoms with E-state index < -0.39 is 18.1 Å². The van der Waals surface area contributed by atoms with Crippen molar-refractivity contribution in [3.63, 3.8) is 0 Å². The quantitative estimate of drug-likeness (QED) is 0.598. The molecule has 2 unspecified atom stereocenters. The number of aliphatic carboxylic acids is 1. The fourth-order valence-electron chi connectivity index (χ4n) is 1.20. The summed E-state index contributed by atoms with van der Waals surface area (Å²) in [4.78, 5) is 22.3. The monoisotopic (exact) mass is 230 g/mol. The van der Waals surface area contributed by atoms with Crippen molar-refractivity contribution in [3.05, 3.63) is 0 Å². The van der Waals surface area contributed by atoms with Crippen LogP contribution in [0.25, 0.3) is 0 Å². The average Bonchev–Trinajstić information content (AvgIpc) is 2.21. The maximum Gasteiger partial charge on any atom is 0.320 e. The molecular weight excluding hydrogens is 208 g/mol. The van der Waals surface area contributed by atoms with Gasteiger partial charge in [-0.05, 0) is 19.3 Å². The van der Waals surface area contributed by atoms with Crippen LogP contribution in [0.15, 0.2) is 0 Å². The Hall–Kier alpha value is -1.10. The molecule has 0 heterocycles. The van der Waals surface area contributed by atoms with Gasteiger partial charge in [-0.25, -0.2) is 0 Å². The molecule has 0 aromatic rings. The van der Waals surface area contributed by atoms with Crippen molar-refractivity contribution in [1.82, 2.24) is 10.6 Å². The molecule has 94 valence electrons. The van der Waals surface area contributed by atoms with Crippen molar-refractivity contribution in [2.45, 2.75) is 46.2 Å². The number of nitrogens with one attached hydrogen (secondary N) is 2. The van der Waals surface area contributed by atoms with Crippen molar-refractivity contribution in [1.29, 1.82) is 0 Å². The predicted molar refractivity (Wildman–Crippen MR) is 62.2 cm³/mol. The summed E-state index contributed by atoms with van der Waals surface area (Å²) in [5, 5.41) is 14.4. The lowest BCUT2D eigenvalue weighted by Crippen LogP contribution is -2.49. The minimum Gasteiger partial charge on any atom is -0.480 e. The average molecular weight is 230 g/mol. The fourth-order valence-corrected chi connectivity index (χ4v) is 1.20. The summed E-state index contributed by atoms with van der Waals surface area (Å²) < 4.78 is 0. The molecule has 0 fully saturated rings. The zero-order valence-corrected chi connectivity index (χ0v) is 10.4. The second-order valence-electron chi connectivity index (χ2n) is 4.33. The number of hydrogen-bond acceptors (Lipinski definition) is 3. The van der Waals surface area contributed by atoms with E-state index in [1.807, 2.05) is 13.8 Å². The van der Waals surface area contributed by atoms with E-state index in [9.17, 15) is 9.59 Å². The topological polar surface area (TPSA) is 78.4 Å². The highest BCUT2D eigenvalue weighted by Crippen LogP contribution is 1.95. The summed E-state index contributed by atoms with van der Waals surface area (Å²) in [7, 11) is 0. The van der Waals surface area contributed by atoms with Gasteiger partial charge in [-0.3, -0.25) is 14.9 Å². The smallest absolute Gasteiger partial charge is 0.320 e. The van der Waals surface area contributed by atoms with E-state index in [0.717, 1.165) is 0 Å². The first-order valence-corrected chi connectivity index (χ1v) is 5.65. The number of carboxylic acids is 1. The maximum atomic E-state index is 11.6. The normalized spacial score (nSPS) is 14.6. The Morgan fingerprint density at radius 1 is 1.25 bits per heavy atom. The van der Waals surface area contributed by atoms with E-state index in [4.69, 9.17) is 5.11 Å². The van der Waals surface area contributed by atoms with Crippen LogP contribution in [0, 0.1) is 5.92 Å². The number of rotatable bonds is 7. The van der Waals surface area contributed by atoms with Gasteiger partial charge in [0, 0.05) is 6.54 Å². The SMILES string of the molecule is CCC(NC(C)C(=O)NCC(C)C)C(=O)O. The highest BCUT2D eigenvalue weighted by Gasteiger charge is 2.21. The molecule has 5 heteroatoms. The van der Waals surface area contributed by atoms with Gasteiger partial charge < -0.3 is 10.4 Å². The Morgan fingerprint density at radius 2 is 1.81 bits per heavy atom. The second-order valence-corrected chi connectivity index (χ2v) is 4.33. The molecule has 0 rings (SSSR count). The van der Waals surface area contributed by atoms with Crippen LogP contribution in [0.4, 0.5) is 0 Å². The van der Waals surface area contributed by atoms with Gasteiger partial charge in [-0.2, -0.15) is 0 Å². The zero-order valence-electron chi connectivity index (χ0n) is 10.4. The van der Waals surface area contributed by atoms with Gasteiger partial charge in [-0.15, -0.1) is 0 Å². The molecule has 2 atom stereocenters. The largest absolute Gasteiger partial charge is 0.480 e. The number of carbonyl (C=O) groups excluding carboxylic acids is 1. The summed E-state index contributed by atoms with van der Waals surface area (Å²) in [6.07, 6.45) is 0.455. The Balaban J connectivity index is 4.08. The minimum absolute atomic E-state index is 0.159. The summed E-state index contributed by atoms with van der Waals surface area (Å²) in [6.45, 7) is 8.05. The molecule has 1 amide bonds. The van der Waals surface area contributed by atoms with Crippen LogP contribution in [0.1, 0.15) is 34.1 Å². The van der Waals surface area contributed by atoms with Gasteiger partial charge in [0.2, 0.25) is 5.91 Å². The van der Waals surface area contributed by atoms with Crippen LogP contribution in [0.2, 0.25) is 0 Å². The van der Waals surface area contributed by atoms with Crippen molar-refractivity contribution in [2.75, 3.05) is 6.54 Å². The first-order valence-electron chi connectivity index (χ1n) is 5.65. The standard InChI is InChI=1S/C11H22N2O3/c1-5-9(11(15)16)13-8(4)10(14)12-6-7(2)3/h7-9,13H,5-6H2,1-4H3,(H,12,14)(H,15,16). The molecule has 0 radical (unpaired) electrons. The third kappa shape index (κ3) is 5.70. The van der Waals surface area contributed by atoms with Crippen LogP contribution < -0.4 is 10.6 Å². The maximum absolute atomic E-state index is 11.6. The second kappa shape index (κ2) is 7.22. The van der Waals surface area contributed by atoms with Crippen molar-refractivity contribution in [2.24, 2.45) is 5.92 Å². The lowest BCUT2D eigenvalue weighted by Gasteiger charge is -2.19. The molecule has 0 aliphatic rings. The molecule has 16 heavy (non-hydrogen) atoms. The molecule has 0 aliphatic heterocycles. The highest BCUT2D eigenvalue weighted by atomic mass is 16.4. The number of amides is 1. The Labute approximate surface area is 96.6 Å². The van der Waals surface area contributed by atoms with Crippen LogP contribution in [-0.2, 0) is 9.59 Å². The lowest BCUT2D eigenvalue weighted by molar-refractivity contribution is -0.140. The Morgan fingerprint density at radius 3 is 2.19 bits per heavy atom. The van der Waals surface area contributed by atoms with Gasteiger partial charge in [0.05, 0.1) is 6.04 Å². The third-order valence-corrected chi connectivity index (χ3v) is 2.24. The first kappa shape index (κ1) is 14.9. The number of carbonyl (C=O) groups is 2. The molecule has 0 aromatic heterocycles. The molecule has 3 N–H and O–H groups in total. The van der Waals surface area contributed by atoms with E-state index in [2.05, 4.69) is 10.6 Å². The van der Waals surface area contributed by atoms with E-state index in [0.29, 0.717) is 18.9 Å². The predicted octanol–water partition coefficient (Wildman–Crippen LogP) is 0.600.